The average molecular weight is 296 g/mol. The molecule has 8 heteroatoms. The number of hydrogen-bond donors (Lipinski definition) is 0. The van der Waals surface area contributed by atoms with Crippen LogP contribution in [0.4, 0.5) is 13.2 Å². The van der Waals surface area contributed by atoms with Gasteiger partial charge in [0.15, 0.2) is 0 Å². The van der Waals surface area contributed by atoms with Gasteiger partial charge in [-0.2, -0.15) is 13.2 Å². The molecule has 1 saturated heterocycles. The number of rotatable bonds is 2. The Morgan fingerprint density at radius 3 is 2.57 bits per heavy atom. The number of benzene rings is 1. The fourth-order valence-electron chi connectivity index (χ4n) is 2.29. The van der Waals surface area contributed by atoms with Crippen LogP contribution in [0.15, 0.2) is 36.7 Å². The molecule has 21 heavy (non-hydrogen) atoms. The SMILES string of the molecule is O=C(c1ccccc1C(F)(F)F)N1CC(n2ccnn2)C1. The number of nitrogens with zero attached hydrogens (tertiary/aromatic N) is 4. The van der Waals surface area contributed by atoms with Gasteiger partial charge in [-0.3, -0.25) is 4.79 Å². The summed E-state index contributed by atoms with van der Waals surface area (Å²) in [6.07, 6.45) is -1.36. The van der Waals surface area contributed by atoms with Gasteiger partial charge in [-0.1, -0.05) is 17.3 Å². The van der Waals surface area contributed by atoms with Gasteiger partial charge in [0.25, 0.3) is 5.91 Å². The van der Waals surface area contributed by atoms with E-state index < -0.39 is 17.6 Å². The number of hydrogen-bond acceptors (Lipinski definition) is 3. The Morgan fingerprint density at radius 2 is 1.95 bits per heavy atom. The minimum absolute atomic E-state index is 0.0329. The first-order chi connectivity index (χ1) is 9.97. The summed E-state index contributed by atoms with van der Waals surface area (Å²) in [6, 6.07) is 4.79. The van der Waals surface area contributed by atoms with Gasteiger partial charge in [-0.15, -0.1) is 5.10 Å². The summed E-state index contributed by atoms with van der Waals surface area (Å²) in [7, 11) is 0. The molecule has 1 aliphatic heterocycles. The van der Waals surface area contributed by atoms with Crippen molar-refractivity contribution in [1.29, 1.82) is 0 Å². The van der Waals surface area contributed by atoms with Crippen LogP contribution in [0.5, 0.6) is 0 Å². The van der Waals surface area contributed by atoms with Crippen molar-refractivity contribution < 1.29 is 18.0 Å². The summed E-state index contributed by atoms with van der Waals surface area (Å²) < 4.78 is 40.3. The van der Waals surface area contributed by atoms with E-state index in [1.807, 2.05) is 0 Å². The van der Waals surface area contributed by atoms with E-state index in [1.54, 1.807) is 10.9 Å². The lowest BCUT2D eigenvalue weighted by atomic mass is 10.0. The van der Waals surface area contributed by atoms with Crippen molar-refractivity contribution in [1.82, 2.24) is 19.9 Å². The second-order valence-corrected chi connectivity index (χ2v) is 4.79. The van der Waals surface area contributed by atoms with Gasteiger partial charge in [0.2, 0.25) is 0 Å². The maximum Gasteiger partial charge on any atom is 0.417 e. The number of amides is 1. The number of aromatic nitrogens is 3. The Kier molecular flexibility index (Phi) is 3.15. The molecule has 0 atom stereocenters. The van der Waals surface area contributed by atoms with Crippen LogP contribution in [-0.2, 0) is 6.18 Å². The Bertz CT molecular complexity index is 648. The highest BCUT2D eigenvalue weighted by Crippen LogP contribution is 2.33. The number of halogens is 3. The molecule has 0 aliphatic carbocycles. The highest BCUT2D eigenvalue weighted by molar-refractivity contribution is 5.96. The van der Waals surface area contributed by atoms with E-state index in [1.165, 1.54) is 29.3 Å². The lowest BCUT2D eigenvalue weighted by Gasteiger charge is -2.39. The van der Waals surface area contributed by atoms with Crippen molar-refractivity contribution in [2.45, 2.75) is 12.2 Å². The molecule has 0 unspecified atom stereocenters. The zero-order valence-electron chi connectivity index (χ0n) is 10.8. The molecule has 1 fully saturated rings. The topological polar surface area (TPSA) is 51.0 Å². The van der Waals surface area contributed by atoms with Crippen molar-refractivity contribution in [2.24, 2.45) is 0 Å². The molecule has 1 amide bonds. The van der Waals surface area contributed by atoms with Crippen molar-refractivity contribution in [3.05, 3.63) is 47.8 Å². The van der Waals surface area contributed by atoms with E-state index in [0.717, 1.165) is 6.07 Å². The summed E-state index contributed by atoms with van der Waals surface area (Å²) in [6.45, 7) is 0.656. The van der Waals surface area contributed by atoms with Crippen LogP contribution in [0.25, 0.3) is 0 Å². The van der Waals surface area contributed by atoms with E-state index in [0.29, 0.717) is 13.1 Å². The van der Waals surface area contributed by atoms with Crippen LogP contribution >= 0.6 is 0 Å². The van der Waals surface area contributed by atoms with E-state index >= 15 is 0 Å². The lowest BCUT2D eigenvalue weighted by Crippen LogP contribution is -2.51. The molecule has 5 nitrogen and oxygen atoms in total. The van der Waals surface area contributed by atoms with Crippen LogP contribution in [0.1, 0.15) is 22.0 Å². The Hall–Kier alpha value is -2.38. The zero-order valence-corrected chi connectivity index (χ0v) is 10.8. The van der Waals surface area contributed by atoms with E-state index in [9.17, 15) is 18.0 Å². The third-order valence-corrected chi connectivity index (χ3v) is 3.43. The van der Waals surface area contributed by atoms with Gasteiger partial charge in [0.05, 0.1) is 23.4 Å². The van der Waals surface area contributed by atoms with E-state index in [-0.39, 0.29) is 11.6 Å². The van der Waals surface area contributed by atoms with Crippen LogP contribution in [0.2, 0.25) is 0 Å². The smallest absolute Gasteiger partial charge is 0.334 e. The number of carbonyl (C=O) groups is 1. The van der Waals surface area contributed by atoms with Crippen LogP contribution in [0, 0.1) is 0 Å². The summed E-state index contributed by atoms with van der Waals surface area (Å²) >= 11 is 0. The van der Waals surface area contributed by atoms with Gasteiger partial charge in [0, 0.05) is 19.3 Å². The standard InChI is InChI=1S/C13H11F3N4O/c14-13(15,16)11-4-2-1-3-10(11)12(21)19-7-9(8-19)20-6-5-17-18-20/h1-6,9H,7-8H2. The molecule has 1 aliphatic rings. The third kappa shape index (κ3) is 2.48. The molecular weight excluding hydrogens is 285 g/mol. The van der Waals surface area contributed by atoms with E-state index in [4.69, 9.17) is 0 Å². The van der Waals surface area contributed by atoms with Crippen LogP contribution in [0.3, 0.4) is 0 Å². The molecule has 2 aromatic rings. The summed E-state index contributed by atoms with van der Waals surface area (Å²) in [5, 5.41) is 7.47. The van der Waals surface area contributed by atoms with Crippen molar-refractivity contribution in [3.8, 4) is 0 Å². The van der Waals surface area contributed by atoms with Crippen LogP contribution in [-0.4, -0.2) is 38.9 Å². The predicted molar refractivity (Wildman–Crippen MR) is 66.4 cm³/mol. The highest BCUT2D eigenvalue weighted by atomic mass is 19.4. The third-order valence-electron chi connectivity index (χ3n) is 3.43. The molecule has 2 heterocycles. The van der Waals surface area contributed by atoms with Gasteiger partial charge in [0.1, 0.15) is 0 Å². The van der Waals surface area contributed by atoms with Crippen molar-refractivity contribution >= 4 is 5.91 Å². The minimum atomic E-state index is -4.54. The fraction of sp³-hybridized carbons (Fsp3) is 0.308. The Morgan fingerprint density at radius 1 is 1.24 bits per heavy atom. The molecule has 110 valence electrons. The first-order valence-electron chi connectivity index (χ1n) is 6.28. The minimum Gasteiger partial charge on any atom is -0.334 e. The highest BCUT2D eigenvalue weighted by Gasteiger charge is 2.39. The average Bonchev–Trinajstić information content (AvgIpc) is 2.89. The van der Waals surface area contributed by atoms with Crippen LogP contribution < -0.4 is 0 Å². The normalized spacial score (nSPS) is 15.9. The largest absolute Gasteiger partial charge is 0.417 e. The second kappa shape index (κ2) is 4.87. The molecule has 0 N–H and O–H groups in total. The molecule has 1 aromatic heterocycles. The van der Waals surface area contributed by atoms with Gasteiger partial charge in [-0.05, 0) is 12.1 Å². The number of carbonyl (C=O) groups excluding carboxylic acids is 1. The monoisotopic (exact) mass is 296 g/mol. The molecule has 0 saturated carbocycles. The molecule has 3 rings (SSSR count). The molecule has 0 bridgehead atoms. The maximum atomic E-state index is 12.9. The quantitative estimate of drug-likeness (QED) is 0.851. The zero-order chi connectivity index (χ0) is 15.0. The predicted octanol–water partition coefficient (Wildman–Crippen LogP) is 1.99. The van der Waals surface area contributed by atoms with Crippen molar-refractivity contribution in [3.63, 3.8) is 0 Å². The molecule has 1 aromatic carbocycles. The summed E-state index contributed by atoms with van der Waals surface area (Å²) in [5.41, 5.74) is -1.22. The van der Waals surface area contributed by atoms with Crippen molar-refractivity contribution in [2.75, 3.05) is 13.1 Å². The fourth-order valence-corrected chi connectivity index (χ4v) is 2.29. The second-order valence-electron chi connectivity index (χ2n) is 4.79. The van der Waals surface area contributed by atoms with Gasteiger partial charge in [-0.25, -0.2) is 4.68 Å². The summed E-state index contributed by atoms with van der Waals surface area (Å²) in [5.74, 6) is -0.612. The van der Waals surface area contributed by atoms with Gasteiger partial charge >= 0.3 is 6.18 Å². The maximum absolute atomic E-state index is 12.9. The van der Waals surface area contributed by atoms with Gasteiger partial charge < -0.3 is 4.90 Å². The summed E-state index contributed by atoms with van der Waals surface area (Å²) in [4.78, 5) is 13.6. The Balaban J connectivity index is 1.76. The van der Waals surface area contributed by atoms with E-state index in [2.05, 4.69) is 10.3 Å². The molecule has 0 radical (unpaired) electrons. The Labute approximate surface area is 118 Å². The molecular formula is C13H11F3N4O. The number of likely N-dealkylation sites (tertiary alicyclic amines) is 1. The first-order valence-corrected chi connectivity index (χ1v) is 6.28. The molecule has 0 spiro atoms. The lowest BCUT2D eigenvalue weighted by molar-refractivity contribution is -0.138. The number of alkyl halides is 3. The first kappa shape index (κ1) is 13.6.